The fraction of sp³-hybridized carbons (Fsp3) is 0.294. The SMILES string of the molecule is CCCOc1cccc(NCc2cc(Cl)ccc2OC)c1. The number of methoxy groups -OCH3 is 1. The molecule has 0 bridgehead atoms. The first-order valence-electron chi connectivity index (χ1n) is 7.02. The van der Waals surface area contributed by atoms with Gasteiger partial charge >= 0.3 is 0 Å². The quantitative estimate of drug-likeness (QED) is 0.800. The van der Waals surface area contributed by atoms with Crippen molar-refractivity contribution >= 4 is 17.3 Å². The van der Waals surface area contributed by atoms with E-state index >= 15 is 0 Å². The Morgan fingerprint density at radius 1 is 1.14 bits per heavy atom. The maximum absolute atomic E-state index is 6.03. The number of ether oxygens (including phenoxy) is 2. The smallest absolute Gasteiger partial charge is 0.123 e. The highest BCUT2D eigenvalue weighted by molar-refractivity contribution is 6.30. The van der Waals surface area contributed by atoms with Gasteiger partial charge in [-0.25, -0.2) is 0 Å². The van der Waals surface area contributed by atoms with Crippen LogP contribution in [-0.4, -0.2) is 13.7 Å². The summed E-state index contributed by atoms with van der Waals surface area (Å²) in [5.74, 6) is 1.70. The van der Waals surface area contributed by atoms with Gasteiger partial charge in [0, 0.05) is 28.9 Å². The van der Waals surface area contributed by atoms with Crippen LogP contribution in [0.25, 0.3) is 0 Å². The molecule has 0 aliphatic rings. The molecule has 0 amide bonds. The molecule has 0 aliphatic heterocycles. The van der Waals surface area contributed by atoms with Crippen LogP contribution in [0.5, 0.6) is 11.5 Å². The lowest BCUT2D eigenvalue weighted by Gasteiger charge is -2.12. The first-order valence-corrected chi connectivity index (χ1v) is 7.40. The van der Waals surface area contributed by atoms with E-state index in [0.29, 0.717) is 11.6 Å². The van der Waals surface area contributed by atoms with Crippen molar-refractivity contribution in [3.05, 3.63) is 53.1 Å². The maximum Gasteiger partial charge on any atom is 0.123 e. The zero-order chi connectivity index (χ0) is 15.1. The van der Waals surface area contributed by atoms with Crippen LogP contribution in [0.3, 0.4) is 0 Å². The van der Waals surface area contributed by atoms with Gasteiger partial charge in [0.25, 0.3) is 0 Å². The van der Waals surface area contributed by atoms with E-state index in [2.05, 4.69) is 12.2 Å². The van der Waals surface area contributed by atoms with E-state index in [9.17, 15) is 0 Å². The Kier molecular flexibility index (Phi) is 5.76. The molecule has 0 fully saturated rings. The summed E-state index contributed by atoms with van der Waals surface area (Å²) in [5, 5.41) is 4.06. The molecule has 0 heterocycles. The molecule has 112 valence electrons. The predicted molar refractivity (Wildman–Crippen MR) is 87.6 cm³/mol. The van der Waals surface area contributed by atoms with Crippen LogP contribution >= 0.6 is 11.6 Å². The molecule has 0 aliphatic carbocycles. The Balaban J connectivity index is 2.04. The zero-order valence-corrected chi connectivity index (χ0v) is 13.1. The summed E-state index contributed by atoms with van der Waals surface area (Å²) in [6, 6.07) is 13.5. The largest absolute Gasteiger partial charge is 0.496 e. The molecule has 2 aromatic carbocycles. The normalized spacial score (nSPS) is 10.2. The topological polar surface area (TPSA) is 30.5 Å². The average Bonchev–Trinajstić information content (AvgIpc) is 2.51. The van der Waals surface area contributed by atoms with Crippen molar-refractivity contribution in [2.75, 3.05) is 19.0 Å². The van der Waals surface area contributed by atoms with Crippen LogP contribution in [0, 0.1) is 0 Å². The van der Waals surface area contributed by atoms with Crippen LogP contribution in [-0.2, 0) is 6.54 Å². The lowest BCUT2D eigenvalue weighted by molar-refractivity contribution is 0.317. The molecule has 3 nitrogen and oxygen atoms in total. The molecule has 1 N–H and O–H groups in total. The Morgan fingerprint density at radius 2 is 2.00 bits per heavy atom. The van der Waals surface area contributed by atoms with Gasteiger partial charge in [-0.3, -0.25) is 0 Å². The van der Waals surface area contributed by atoms with Gasteiger partial charge in [0.05, 0.1) is 13.7 Å². The van der Waals surface area contributed by atoms with Crippen molar-refractivity contribution in [2.24, 2.45) is 0 Å². The van der Waals surface area contributed by atoms with Crippen LogP contribution < -0.4 is 14.8 Å². The average molecular weight is 306 g/mol. The molecule has 21 heavy (non-hydrogen) atoms. The van der Waals surface area contributed by atoms with Crippen molar-refractivity contribution in [1.29, 1.82) is 0 Å². The monoisotopic (exact) mass is 305 g/mol. The van der Waals surface area contributed by atoms with E-state index in [1.54, 1.807) is 7.11 Å². The number of anilines is 1. The minimum Gasteiger partial charge on any atom is -0.496 e. The summed E-state index contributed by atoms with van der Waals surface area (Å²) in [5.41, 5.74) is 2.02. The molecule has 2 aromatic rings. The molecule has 0 saturated heterocycles. The van der Waals surface area contributed by atoms with Crippen LogP contribution in [0.15, 0.2) is 42.5 Å². The number of rotatable bonds is 7. The molecule has 0 spiro atoms. The molecular weight excluding hydrogens is 286 g/mol. The van der Waals surface area contributed by atoms with Gasteiger partial charge in [-0.15, -0.1) is 0 Å². The van der Waals surface area contributed by atoms with Gasteiger partial charge in [0.1, 0.15) is 11.5 Å². The standard InChI is InChI=1S/C17H20ClNO2/c1-3-9-21-16-6-4-5-15(11-16)19-12-13-10-14(18)7-8-17(13)20-2/h4-8,10-11,19H,3,9,12H2,1-2H3. The summed E-state index contributed by atoms with van der Waals surface area (Å²) >= 11 is 6.03. The summed E-state index contributed by atoms with van der Waals surface area (Å²) in [6.45, 7) is 3.46. The van der Waals surface area contributed by atoms with Crippen molar-refractivity contribution < 1.29 is 9.47 Å². The second-order valence-electron chi connectivity index (χ2n) is 4.69. The molecule has 0 aromatic heterocycles. The Bertz CT molecular complexity index is 587. The third-order valence-electron chi connectivity index (χ3n) is 3.03. The van der Waals surface area contributed by atoms with E-state index < -0.39 is 0 Å². The summed E-state index contributed by atoms with van der Waals surface area (Å²) in [6.07, 6.45) is 0.997. The van der Waals surface area contributed by atoms with E-state index in [-0.39, 0.29) is 0 Å². The fourth-order valence-corrected chi connectivity index (χ4v) is 2.19. The Labute approximate surface area is 130 Å². The molecule has 2 rings (SSSR count). The van der Waals surface area contributed by atoms with Gasteiger partial charge in [-0.05, 0) is 36.8 Å². The van der Waals surface area contributed by atoms with E-state index in [4.69, 9.17) is 21.1 Å². The van der Waals surface area contributed by atoms with E-state index in [1.807, 2.05) is 42.5 Å². The second-order valence-corrected chi connectivity index (χ2v) is 5.12. The maximum atomic E-state index is 6.03. The molecule has 0 atom stereocenters. The van der Waals surface area contributed by atoms with Gasteiger partial charge in [0.15, 0.2) is 0 Å². The van der Waals surface area contributed by atoms with Crippen molar-refractivity contribution in [2.45, 2.75) is 19.9 Å². The second kappa shape index (κ2) is 7.79. The minimum atomic E-state index is 0.640. The number of benzene rings is 2. The number of nitrogens with one attached hydrogen (secondary N) is 1. The highest BCUT2D eigenvalue weighted by Gasteiger charge is 2.04. The number of hydrogen-bond acceptors (Lipinski definition) is 3. The van der Waals surface area contributed by atoms with E-state index in [0.717, 1.165) is 35.8 Å². The summed E-state index contributed by atoms with van der Waals surface area (Å²) < 4.78 is 11.0. The first-order chi connectivity index (χ1) is 10.2. The highest BCUT2D eigenvalue weighted by Crippen LogP contribution is 2.24. The van der Waals surface area contributed by atoms with Crippen LogP contribution in [0.4, 0.5) is 5.69 Å². The molecule has 0 saturated carbocycles. The van der Waals surface area contributed by atoms with E-state index in [1.165, 1.54) is 0 Å². The number of hydrogen-bond donors (Lipinski definition) is 1. The highest BCUT2D eigenvalue weighted by atomic mass is 35.5. The summed E-state index contributed by atoms with van der Waals surface area (Å²) in [4.78, 5) is 0. The number of halogens is 1. The molecular formula is C17H20ClNO2. The van der Waals surface area contributed by atoms with Crippen molar-refractivity contribution in [3.8, 4) is 11.5 Å². The van der Waals surface area contributed by atoms with Crippen LogP contribution in [0.2, 0.25) is 5.02 Å². The Morgan fingerprint density at radius 3 is 2.76 bits per heavy atom. The van der Waals surface area contributed by atoms with Gasteiger partial charge < -0.3 is 14.8 Å². The lowest BCUT2D eigenvalue weighted by Crippen LogP contribution is -2.02. The third kappa shape index (κ3) is 4.57. The third-order valence-corrected chi connectivity index (χ3v) is 3.27. The van der Waals surface area contributed by atoms with Gasteiger partial charge in [0.2, 0.25) is 0 Å². The van der Waals surface area contributed by atoms with Gasteiger partial charge in [-0.2, -0.15) is 0 Å². The van der Waals surface area contributed by atoms with Crippen molar-refractivity contribution in [1.82, 2.24) is 0 Å². The van der Waals surface area contributed by atoms with Crippen molar-refractivity contribution in [3.63, 3.8) is 0 Å². The fourth-order valence-electron chi connectivity index (χ4n) is 2.00. The Hall–Kier alpha value is -1.87. The summed E-state index contributed by atoms with van der Waals surface area (Å²) in [7, 11) is 1.66. The van der Waals surface area contributed by atoms with Gasteiger partial charge in [-0.1, -0.05) is 24.6 Å². The predicted octanol–water partition coefficient (Wildman–Crippen LogP) is 4.75. The minimum absolute atomic E-state index is 0.640. The first kappa shape index (κ1) is 15.5. The zero-order valence-electron chi connectivity index (χ0n) is 12.4. The van der Waals surface area contributed by atoms with Crippen LogP contribution in [0.1, 0.15) is 18.9 Å². The molecule has 0 radical (unpaired) electrons. The molecule has 4 heteroatoms. The lowest BCUT2D eigenvalue weighted by atomic mass is 10.2. The molecule has 0 unspecified atom stereocenters.